The van der Waals surface area contributed by atoms with E-state index in [0.29, 0.717) is 13.0 Å². The van der Waals surface area contributed by atoms with Gasteiger partial charge in [-0.2, -0.15) is 0 Å². The second kappa shape index (κ2) is 5.50. The molecule has 86 valence electrons. The number of aryl methyl sites for hydroxylation is 2. The quantitative estimate of drug-likeness (QED) is 0.771. The lowest BCUT2D eigenvalue weighted by atomic mass is 10.0. The Labute approximate surface area is 97.4 Å². The molecule has 0 bridgehead atoms. The van der Waals surface area contributed by atoms with E-state index in [9.17, 15) is 4.79 Å². The smallest absolute Gasteiger partial charge is 0.224 e. The van der Waals surface area contributed by atoms with Crippen molar-refractivity contribution >= 4 is 5.91 Å². The normalized spacial score (nSPS) is 9.94. The molecular formula is C14H19NO. The van der Waals surface area contributed by atoms with Crippen LogP contribution in [-0.2, 0) is 11.2 Å². The summed E-state index contributed by atoms with van der Waals surface area (Å²) in [5.41, 5.74) is 4.41. The van der Waals surface area contributed by atoms with E-state index in [0.717, 1.165) is 16.7 Å². The maximum absolute atomic E-state index is 11.6. The Balaban J connectivity index is 2.62. The summed E-state index contributed by atoms with van der Waals surface area (Å²) in [6, 6.07) is 6.18. The molecule has 0 aromatic heterocycles. The molecule has 0 atom stereocenters. The van der Waals surface area contributed by atoms with Gasteiger partial charge in [0.1, 0.15) is 0 Å². The van der Waals surface area contributed by atoms with Gasteiger partial charge in [-0.05, 0) is 31.9 Å². The van der Waals surface area contributed by atoms with Crippen molar-refractivity contribution in [2.24, 2.45) is 0 Å². The largest absolute Gasteiger partial charge is 0.352 e. The fraction of sp³-hybridized carbons (Fsp3) is 0.357. The first-order valence-corrected chi connectivity index (χ1v) is 5.46. The summed E-state index contributed by atoms with van der Waals surface area (Å²) in [7, 11) is 0. The van der Waals surface area contributed by atoms with Gasteiger partial charge in [0.25, 0.3) is 0 Å². The van der Waals surface area contributed by atoms with Crippen LogP contribution in [0.4, 0.5) is 0 Å². The van der Waals surface area contributed by atoms with Gasteiger partial charge < -0.3 is 5.32 Å². The summed E-state index contributed by atoms with van der Waals surface area (Å²) in [6.07, 6.45) is 0.445. The molecule has 1 aromatic rings. The first-order chi connectivity index (χ1) is 7.49. The van der Waals surface area contributed by atoms with Crippen LogP contribution in [0.5, 0.6) is 0 Å². The lowest BCUT2D eigenvalue weighted by molar-refractivity contribution is -0.120. The van der Waals surface area contributed by atoms with Gasteiger partial charge in [-0.15, -0.1) is 0 Å². The Morgan fingerprint density at radius 3 is 2.69 bits per heavy atom. The molecule has 0 radical (unpaired) electrons. The van der Waals surface area contributed by atoms with E-state index in [4.69, 9.17) is 0 Å². The molecule has 0 saturated heterocycles. The minimum Gasteiger partial charge on any atom is -0.352 e. The summed E-state index contributed by atoms with van der Waals surface area (Å²) in [5, 5.41) is 2.84. The number of hydrogen-bond donors (Lipinski definition) is 1. The van der Waals surface area contributed by atoms with Crippen LogP contribution in [0.3, 0.4) is 0 Å². The van der Waals surface area contributed by atoms with Gasteiger partial charge in [0.15, 0.2) is 0 Å². The van der Waals surface area contributed by atoms with Gasteiger partial charge in [-0.1, -0.05) is 35.9 Å². The lowest BCUT2D eigenvalue weighted by Crippen LogP contribution is -2.26. The molecule has 0 aliphatic rings. The number of hydrogen-bond acceptors (Lipinski definition) is 1. The molecule has 2 nitrogen and oxygen atoms in total. The summed E-state index contributed by atoms with van der Waals surface area (Å²) < 4.78 is 0. The van der Waals surface area contributed by atoms with Crippen LogP contribution in [-0.4, -0.2) is 12.5 Å². The summed E-state index contributed by atoms with van der Waals surface area (Å²) in [5.74, 6) is 0.0525. The molecule has 16 heavy (non-hydrogen) atoms. The van der Waals surface area contributed by atoms with Crippen LogP contribution in [0.1, 0.15) is 23.6 Å². The maximum atomic E-state index is 11.6. The van der Waals surface area contributed by atoms with E-state index in [2.05, 4.69) is 30.1 Å². The van der Waals surface area contributed by atoms with Crippen molar-refractivity contribution in [3.63, 3.8) is 0 Å². The average molecular weight is 217 g/mol. The zero-order valence-electron chi connectivity index (χ0n) is 10.3. The molecule has 0 fully saturated rings. The van der Waals surface area contributed by atoms with Gasteiger partial charge in [0.05, 0.1) is 6.42 Å². The second-order valence-electron chi connectivity index (χ2n) is 4.34. The number of rotatable bonds is 4. The van der Waals surface area contributed by atoms with Crippen LogP contribution >= 0.6 is 0 Å². The van der Waals surface area contributed by atoms with Crippen molar-refractivity contribution in [3.8, 4) is 0 Å². The Kier molecular flexibility index (Phi) is 4.29. The average Bonchev–Trinajstić information content (AvgIpc) is 2.20. The van der Waals surface area contributed by atoms with Crippen molar-refractivity contribution in [1.29, 1.82) is 0 Å². The molecule has 1 N–H and O–H groups in total. The molecule has 0 unspecified atom stereocenters. The highest BCUT2D eigenvalue weighted by Crippen LogP contribution is 2.11. The van der Waals surface area contributed by atoms with Gasteiger partial charge in [0, 0.05) is 6.54 Å². The van der Waals surface area contributed by atoms with Crippen LogP contribution in [0.15, 0.2) is 30.4 Å². The molecule has 0 aliphatic heterocycles. The molecule has 0 heterocycles. The molecule has 2 heteroatoms. The topological polar surface area (TPSA) is 29.1 Å². The third-order valence-corrected chi connectivity index (χ3v) is 2.44. The monoisotopic (exact) mass is 217 g/mol. The van der Waals surface area contributed by atoms with Gasteiger partial charge in [-0.25, -0.2) is 0 Å². The predicted molar refractivity (Wildman–Crippen MR) is 67.4 cm³/mol. The Hall–Kier alpha value is -1.57. The minimum atomic E-state index is 0.0525. The van der Waals surface area contributed by atoms with Crippen LogP contribution in [0.2, 0.25) is 0 Å². The van der Waals surface area contributed by atoms with E-state index in [1.807, 2.05) is 20.8 Å². The van der Waals surface area contributed by atoms with Gasteiger partial charge in [0.2, 0.25) is 5.91 Å². The Bertz CT molecular complexity index is 407. The van der Waals surface area contributed by atoms with E-state index >= 15 is 0 Å². The van der Waals surface area contributed by atoms with Crippen LogP contribution in [0, 0.1) is 13.8 Å². The van der Waals surface area contributed by atoms with Crippen molar-refractivity contribution in [2.45, 2.75) is 27.2 Å². The molecule has 0 spiro atoms. The van der Waals surface area contributed by atoms with E-state index in [1.54, 1.807) is 0 Å². The number of nitrogens with one attached hydrogen (secondary N) is 1. The number of carbonyl (C=O) groups is 1. The lowest BCUT2D eigenvalue weighted by Gasteiger charge is -2.08. The first-order valence-electron chi connectivity index (χ1n) is 5.46. The second-order valence-corrected chi connectivity index (χ2v) is 4.34. The van der Waals surface area contributed by atoms with Crippen LogP contribution < -0.4 is 5.32 Å². The number of benzene rings is 1. The third-order valence-electron chi connectivity index (χ3n) is 2.44. The van der Waals surface area contributed by atoms with Crippen molar-refractivity contribution in [3.05, 3.63) is 47.0 Å². The molecule has 0 aliphatic carbocycles. The van der Waals surface area contributed by atoms with Gasteiger partial charge in [-0.3, -0.25) is 4.79 Å². The minimum absolute atomic E-state index is 0.0525. The SMILES string of the molecule is C=C(C)CNC(=O)Cc1cc(C)ccc1C. The fourth-order valence-corrected chi connectivity index (χ4v) is 1.48. The first kappa shape index (κ1) is 12.5. The molecule has 1 aromatic carbocycles. The fourth-order valence-electron chi connectivity index (χ4n) is 1.48. The van der Waals surface area contributed by atoms with Gasteiger partial charge >= 0.3 is 0 Å². The highest BCUT2D eigenvalue weighted by molar-refractivity contribution is 5.79. The molecule has 1 rings (SSSR count). The zero-order valence-corrected chi connectivity index (χ0v) is 10.3. The van der Waals surface area contributed by atoms with Crippen molar-refractivity contribution in [1.82, 2.24) is 5.32 Å². The molecule has 0 saturated carbocycles. The van der Waals surface area contributed by atoms with Crippen molar-refractivity contribution in [2.75, 3.05) is 6.54 Å². The standard InChI is InChI=1S/C14H19NO/c1-10(2)9-15-14(16)8-13-7-11(3)5-6-12(13)4/h5-7H,1,8-9H2,2-4H3,(H,15,16). The number of carbonyl (C=O) groups excluding carboxylic acids is 1. The summed E-state index contributed by atoms with van der Waals surface area (Å²) in [6.45, 7) is 10.3. The highest BCUT2D eigenvalue weighted by Gasteiger charge is 2.05. The third kappa shape index (κ3) is 3.89. The summed E-state index contributed by atoms with van der Waals surface area (Å²) in [4.78, 5) is 11.6. The van der Waals surface area contributed by atoms with Crippen molar-refractivity contribution < 1.29 is 4.79 Å². The van der Waals surface area contributed by atoms with E-state index in [-0.39, 0.29) is 5.91 Å². The predicted octanol–water partition coefficient (Wildman–Crippen LogP) is 2.54. The van der Waals surface area contributed by atoms with E-state index < -0.39 is 0 Å². The Morgan fingerprint density at radius 2 is 2.06 bits per heavy atom. The highest BCUT2D eigenvalue weighted by atomic mass is 16.1. The Morgan fingerprint density at radius 1 is 1.38 bits per heavy atom. The summed E-state index contributed by atoms with van der Waals surface area (Å²) >= 11 is 0. The maximum Gasteiger partial charge on any atom is 0.224 e. The molecule has 1 amide bonds. The van der Waals surface area contributed by atoms with E-state index in [1.165, 1.54) is 5.56 Å². The number of amides is 1. The zero-order chi connectivity index (χ0) is 12.1. The molecular weight excluding hydrogens is 198 g/mol. The van der Waals surface area contributed by atoms with Crippen LogP contribution in [0.25, 0.3) is 0 Å².